The predicted molar refractivity (Wildman–Crippen MR) is 45.3 cm³/mol. The molecule has 2 rings (SSSR count). The van der Waals surface area contributed by atoms with Crippen molar-refractivity contribution in [2.45, 2.75) is 18.4 Å². The van der Waals surface area contributed by atoms with Crippen molar-refractivity contribution in [1.29, 1.82) is 0 Å². The van der Waals surface area contributed by atoms with Crippen LogP contribution < -0.4 is 0 Å². The summed E-state index contributed by atoms with van der Waals surface area (Å²) in [6.45, 7) is 0. The molecule has 60 valence electrons. The van der Waals surface area contributed by atoms with Crippen LogP contribution in [-0.2, 0) is 5.60 Å². The summed E-state index contributed by atoms with van der Waals surface area (Å²) in [4.78, 5) is 4.09. The highest BCUT2D eigenvalue weighted by Crippen LogP contribution is 2.43. The molecule has 0 amide bonds. The number of aliphatic hydroxyl groups is 1. The maximum Gasteiger partial charge on any atom is 0.107 e. The van der Waals surface area contributed by atoms with E-state index in [4.69, 9.17) is 6.42 Å². The van der Waals surface area contributed by atoms with Gasteiger partial charge in [0.15, 0.2) is 0 Å². The van der Waals surface area contributed by atoms with Crippen molar-refractivity contribution in [3.63, 3.8) is 0 Å². The average Bonchev–Trinajstić information content (AvgIpc) is 2.85. The monoisotopic (exact) mass is 159 g/mol. The summed E-state index contributed by atoms with van der Waals surface area (Å²) in [7, 11) is 0. The molecule has 2 heteroatoms. The molecule has 0 spiro atoms. The maximum atomic E-state index is 9.65. The Morgan fingerprint density at radius 2 is 2.25 bits per heavy atom. The minimum atomic E-state index is -0.646. The lowest BCUT2D eigenvalue weighted by atomic mass is 10.2. The van der Waals surface area contributed by atoms with Crippen LogP contribution in [0.25, 0.3) is 0 Å². The highest BCUT2D eigenvalue weighted by atomic mass is 16.3. The molecule has 1 aromatic rings. The van der Waals surface area contributed by atoms with Gasteiger partial charge in [0.25, 0.3) is 0 Å². The summed E-state index contributed by atoms with van der Waals surface area (Å²) in [5, 5.41) is 9.65. The van der Waals surface area contributed by atoms with Crippen LogP contribution in [0.2, 0.25) is 0 Å². The zero-order valence-electron chi connectivity index (χ0n) is 6.62. The van der Waals surface area contributed by atoms with E-state index in [9.17, 15) is 5.11 Å². The largest absolute Gasteiger partial charge is 0.384 e. The zero-order chi connectivity index (χ0) is 8.60. The Labute approximate surface area is 71.3 Å². The minimum Gasteiger partial charge on any atom is -0.384 e. The number of hydrogen-bond donors (Lipinski definition) is 1. The van der Waals surface area contributed by atoms with Crippen LogP contribution in [0.5, 0.6) is 0 Å². The highest BCUT2D eigenvalue weighted by Gasteiger charge is 2.43. The van der Waals surface area contributed by atoms with E-state index in [0.717, 1.165) is 24.1 Å². The van der Waals surface area contributed by atoms with Gasteiger partial charge < -0.3 is 5.11 Å². The van der Waals surface area contributed by atoms with Crippen molar-refractivity contribution in [2.75, 3.05) is 0 Å². The van der Waals surface area contributed by atoms with Crippen molar-refractivity contribution in [1.82, 2.24) is 4.98 Å². The van der Waals surface area contributed by atoms with Crippen LogP contribution in [0.4, 0.5) is 0 Å². The van der Waals surface area contributed by atoms with Gasteiger partial charge in [-0.3, -0.25) is 4.98 Å². The van der Waals surface area contributed by atoms with Crippen LogP contribution in [0.1, 0.15) is 24.1 Å². The summed E-state index contributed by atoms with van der Waals surface area (Å²) in [6.07, 6.45) is 8.42. The van der Waals surface area contributed by atoms with Crippen LogP contribution in [0.15, 0.2) is 18.3 Å². The second kappa shape index (κ2) is 2.33. The van der Waals surface area contributed by atoms with E-state index >= 15 is 0 Å². The van der Waals surface area contributed by atoms with Gasteiger partial charge in [0.05, 0.1) is 5.69 Å². The summed E-state index contributed by atoms with van der Waals surface area (Å²) >= 11 is 0. The second-order valence-corrected chi connectivity index (χ2v) is 3.11. The van der Waals surface area contributed by atoms with Gasteiger partial charge in [-0.2, -0.15) is 0 Å². The fraction of sp³-hybridized carbons (Fsp3) is 0.300. The number of hydrogen-bond acceptors (Lipinski definition) is 2. The van der Waals surface area contributed by atoms with E-state index < -0.39 is 5.60 Å². The predicted octanol–water partition coefficient (Wildman–Crippen LogP) is 1.04. The Balaban J connectivity index is 2.32. The van der Waals surface area contributed by atoms with E-state index in [1.165, 1.54) is 0 Å². The molecule has 0 saturated heterocycles. The lowest BCUT2D eigenvalue weighted by Gasteiger charge is -2.05. The summed E-state index contributed by atoms with van der Waals surface area (Å²) in [6, 6.07) is 3.60. The maximum absolute atomic E-state index is 9.65. The van der Waals surface area contributed by atoms with Crippen LogP contribution in [0, 0.1) is 12.3 Å². The normalized spacial score (nSPS) is 18.3. The molecule has 1 aromatic heterocycles. The van der Waals surface area contributed by atoms with Crippen molar-refractivity contribution < 1.29 is 5.11 Å². The van der Waals surface area contributed by atoms with Crippen LogP contribution >= 0.6 is 0 Å². The first-order valence-corrected chi connectivity index (χ1v) is 3.90. The van der Waals surface area contributed by atoms with Gasteiger partial charge >= 0.3 is 0 Å². The zero-order valence-corrected chi connectivity index (χ0v) is 6.62. The molecule has 0 aliphatic heterocycles. The van der Waals surface area contributed by atoms with Gasteiger partial charge in [0.2, 0.25) is 0 Å². The van der Waals surface area contributed by atoms with E-state index in [-0.39, 0.29) is 0 Å². The van der Waals surface area contributed by atoms with Crippen molar-refractivity contribution in [2.24, 2.45) is 0 Å². The summed E-state index contributed by atoms with van der Waals surface area (Å²) in [5.74, 6) is 2.48. The SMILES string of the molecule is C#Cc1ccc(C2(O)CC2)nc1. The quantitative estimate of drug-likeness (QED) is 0.621. The number of terminal acetylenes is 1. The molecule has 1 N–H and O–H groups in total. The lowest BCUT2D eigenvalue weighted by Crippen LogP contribution is -2.06. The first-order chi connectivity index (χ1) is 5.74. The standard InChI is InChI=1S/C10H9NO/c1-2-8-3-4-9(11-7-8)10(12)5-6-10/h1,3-4,7,12H,5-6H2. The van der Waals surface area contributed by atoms with Gasteiger partial charge in [0.1, 0.15) is 5.60 Å². The smallest absolute Gasteiger partial charge is 0.107 e. The first-order valence-electron chi connectivity index (χ1n) is 3.90. The third-order valence-electron chi connectivity index (χ3n) is 2.13. The molecule has 0 unspecified atom stereocenters. The molecule has 0 aromatic carbocycles. The second-order valence-electron chi connectivity index (χ2n) is 3.11. The Morgan fingerprint density at radius 1 is 1.50 bits per heavy atom. The molecule has 1 aliphatic rings. The highest BCUT2D eigenvalue weighted by molar-refractivity contribution is 5.32. The lowest BCUT2D eigenvalue weighted by molar-refractivity contribution is 0.146. The summed E-state index contributed by atoms with van der Waals surface area (Å²) < 4.78 is 0. The van der Waals surface area contributed by atoms with Gasteiger partial charge in [-0.05, 0) is 25.0 Å². The molecule has 1 saturated carbocycles. The molecule has 1 aliphatic carbocycles. The Kier molecular flexibility index (Phi) is 1.42. The molecule has 1 heterocycles. The first kappa shape index (κ1) is 7.33. The van der Waals surface area contributed by atoms with E-state index in [1.54, 1.807) is 18.3 Å². The average molecular weight is 159 g/mol. The molecule has 2 nitrogen and oxygen atoms in total. The van der Waals surface area contributed by atoms with Gasteiger partial charge in [-0.25, -0.2) is 0 Å². The van der Waals surface area contributed by atoms with E-state index in [1.807, 2.05) is 0 Å². The molecule has 0 atom stereocenters. The van der Waals surface area contributed by atoms with Gasteiger partial charge in [0, 0.05) is 11.8 Å². The molecular weight excluding hydrogens is 150 g/mol. The Bertz CT molecular complexity index is 330. The number of aromatic nitrogens is 1. The third-order valence-corrected chi connectivity index (χ3v) is 2.13. The minimum absolute atomic E-state index is 0.646. The fourth-order valence-corrected chi connectivity index (χ4v) is 1.13. The molecule has 0 bridgehead atoms. The molecular formula is C10H9NO. The number of rotatable bonds is 1. The molecule has 0 radical (unpaired) electrons. The Morgan fingerprint density at radius 3 is 2.67 bits per heavy atom. The topological polar surface area (TPSA) is 33.1 Å². The summed E-state index contributed by atoms with van der Waals surface area (Å²) in [5.41, 5.74) is 0.845. The van der Waals surface area contributed by atoms with Gasteiger partial charge in [-0.1, -0.05) is 5.92 Å². The fourth-order valence-electron chi connectivity index (χ4n) is 1.13. The number of pyridine rings is 1. The van der Waals surface area contributed by atoms with Crippen LogP contribution in [0.3, 0.4) is 0 Å². The van der Waals surface area contributed by atoms with Crippen molar-refractivity contribution in [3.8, 4) is 12.3 Å². The Hall–Kier alpha value is -1.33. The molecule has 12 heavy (non-hydrogen) atoms. The van der Waals surface area contributed by atoms with Gasteiger partial charge in [-0.15, -0.1) is 6.42 Å². The molecule has 1 fully saturated rings. The third kappa shape index (κ3) is 1.09. The van der Waals surface area contributed by atoms with Crippen molar-refractivity contribution >= 4 is 0 Å². The van der Waals surface area contributed by atoms with Crippen molar-refractivity contribution in [3.05, 3.63) is 29.6 Å². The van der Waals surface area contributed by atoms with Crippen LogP contribution in [-0.4, -0.2) is 10.1 Å². The number of nitrogens with zero attached hydrogens (tertiary/aromatic N) is 1. The van der Waals surface area contributed by atoms with E-state index in [2.05, 4.69) is 10.9 Å². The van der Waals surface area contributed by atoms with E-state index in [0.29, 0.717) is 0 Å².